The van der Waals surface area contributed by atoms with Crippen molar-refractivity contribution in [1.29, 1.82) is 0 Å². The van der Waals surface area contributed by atoms with Crippen LogP contribution in [0, 0.1) is 5.82 Å². The summed E-state index contributed by atoms with van der Waals surface area (Å²) >= 11 is 6.29. The summed E-state index contributed by atoms with van der Waals surface area (Å²) in [6.07, 6.45) is 1.11. The minimum Gasteiger partial charge on any atom is -0.352 e. The Kier molecular flexibility index (Phi) is 8.65. The molecule has 0 bridgehead atoms. The van der Waals surface area contributed by atoms with E-state index in [1.165, 1.54) is 11.0 Å². The first-order chi connectivity index (χ1) is 13.9. The zero-order valence-electron chi connectivity index (χ0n) is 17.1. The fourth-order valence-electron chi connectivity index (χ4n) is 3.08. The van der Waals surface area contributed by atoms with Crippen molar-refractivity contribution < 1.29 is 14.0 Å². The minimum atomic E-state index is -0.667. The maximum atomic E-state index is 14.1. The van der Waals surface area contributed by atoms with Crippen molar-refractivity contribution >= 4 is 23.4 Å². The highest BCUT2D eigenvalue weighted by Gasteiger charge is 2.30. The average Bonchev–Trinajstić information content (AvgIpc) is 2.70. The van der Waals surface area contributed by atoms with E-state index in [9.17, 15) is 14.0 Å². The van der Waals surface area contributed by atoms with E-state index in [1.54, 1.807) is 24.3 Å². The second kappa shape index (κ2) is 11.0. The minimum absolute atomic E-state index is 0.000355. The molecule has 2 aromatic carbocycles. The fourth-order valence-corrected chi connectivity index (χ4v) is 3.27. The molecule has 0 spiro atoms. The fraction of sp³-hybridized carbons (Fsp3) is 0.391. The summed E-state index contributed by atoms with van der Waals surface area (Å²) in [5.41, 5.74) is 1.05. The van der Waals surface area contributed by atoms with E-state index in [0.717, 1.165) is 12.0 Å². The van der Waals surface area contributed by atoms with Gasteiger partial charge in [-0.25, -0.2) is 4.39 Å². The Balaban J connectivity index is 2.33. The normalized spacial score (nSPS) is 12.9. The molecule has 0 fully saturated rings. The van der Waals surface area contributed by atoms with Crippen LogP contribution in [0.4, 0.5) is 4.39 Å². The molecule has 0 aliphatic carbocycles. The lowest BCUT2D eigenvalue weighted by atomic mass is 10.1. The Morgan fingerprint density at radius 1 is 1.03 bits per heavy atom. The van der Waals surface area contributed by atoms with E-state index >= 15 is 0 Å². The van der Waals surface area contributed by atoms with Gasteiger partial charge in [0.05, 0.1) is 6.42 Å². The lowest BCUT2D eigenvalue weighted by Gasteiger charge is -2.32. The number of hydrogen-bond donors (Lipinski definition) is 1. The first-order valence-electron chi connectivity index (χ1n) is 9.94. The Morgan fingerprint density at radius 2 is 1.66 bits per heavy atom. The topological polar surface area (TPSA) is 49.4 Å². The summed E-state index contributed by atoms with van der Waals surface area (Å²) in [7, 11) is 0. The van der Waals surface area contributed by atoms with Gasteiger partial charge in [-0.3, -0.25) is 9.59 Å². The molecule has 0 saturated heterocycles. The van der Waals surface area contributed by atoms with Crippen LogP contribution in [0.3, 0.4) is 0 Å². The van der Waals surface area contributed by atoms with Crippen molar-refractivity contribution in [1.82, 2.24) is 10.2 Å². The quantitative estimate of drug-likeness (QED) is 0.639. The van der Waals surface area contributed by atoms with Gasteiger partial charge in [-0.05, 0) is 43.0 Å². The van der Waals surface area contributed by atoms with Crippen molar-refractivity contribution in [2.24, 2.45) is 0 Å². The van der Waals surface area contributed by atoms with Gasteiger partial charge in [0.15, 0.2) is 0 Å². The van der Waals surface area contributed by atoms with E-state index in [0.29, 0.717) is 17.0 Å². The molecular weight excluding hydrogens is 391 g/mol. The summed E-state index contributed by atoms with van der Waals surface area (Å²) in [4.78, 5) is 27.6. The molecule has 2 aromatic rings. The number of halogens is 2. The van der Waals surface area contributed by atoms with Crippen LogP contribution >= 0.6 is 11.6 Å². The summed E-state index contributed by atoms with van der Waals surface area (Å²) in [6, 6.07) is 12.7. The Hall–Kier alpha value is -2.40. The van der Waals surface area contributed by atoms with Gasteiger partial charge in [0.1, 0.15) is 11.9 Å². The number of rotatable bonds is 9. The van der Waals surface area contributed by atoms with Crippen molar-refractivity contribution in [2.75, 3.05) is 0 Å². The Bertz CT molecular complexity index is 843. The van der Waals surface area contributed by atoms with Crippen molar-refractivity contribution in [3.63, 3.8) is 0 Å². The van der Waals surface area contributed by atoms with Gasteiger partial charge < -0.3 is 10.2 Å². The lowest BCUT2D eigenvalue weighted by Crippen LogP contribution is -2.51. The zero-order chi connectivity index (χ0) is 21.4. The molecule has 4 nitrogen and oxygen atoms in total. The Labute approximate surface area is 177 Å². The molecule has 6 heteroatoms. The molecule has 0 saturated carbocycles. The molecule has 0 aliphatic rings. The summed E-state index contributed by atoms with van der Waals surface area (Å²) in [6.45, 7) is 5.94. The molecule has 0 radical (unpaired) electrons. The molecule has 0 heterocycles. The standard InChI is InChI=1S/C23H28ClFN2O2/c1-4-16(3)26-23(29)21(5-2)27(15-18-11-6-8-12-19(18)24)22(28)14-17-10-7-9-13-20(17)25/h6-13,16,21H,4-5,14-15H2,1-3H3,(H,26,29)/t16-,21-/m0/s1. The summed E-state index contributed by atoms with van der Waals surface area (Å²) in [5.74, 6) is -0.965. The molecule has 1 N–H and O–H groups in total. The van der Waals surface area contributed by atoms with Gasteiger partial charge in [-0.1, -0.05) is 61.8 Å². The maximum absolute atomic E-state index is 14.1. The molecule has 29 heavy (non-hydrogen) atoms. The lowest BCUT2D eigenvalue weighted by molar-refractivity contribution is -0.141. The summed E-state index contributed by atoms with van der Waals surface area (Å²) < 4.78 is 14.1. The summed E-state index contributed by atoms with van der Waals surface area (Å²) in [5, 5.41) is 3.47. The van der Waals surface area contributed by atoms with Crippen molar-refractivity contribution in [3.8, 4) is 0 Å². The predicted molar refractivity (Wildman–Crippen MR) is 114 cm³/mol. The van der Waals surface area contributed by atoms with Gasteiger partial charge in [-0.2, -0.15) is 0 Å². The number of amides is 2. The van der Waals surface area contributed by atoms with Gasteiger partial charge in [-0.15, -0.1) is 0 Å². The SMILES string of the molecule is CC[C@H](C)NC(=O)[C@H](CC)N(Cc1ccccc1Cl)C(=O)Cc1ccccc1F. The monoisotopic (exact) mass is 418 g/mol. The third-order valence-corrected chi connectivity index (χ3v) is 5.35. The van der Waals surface area contributed by atoms with Crippen LogP contribution in [0.25, 0.3) is 0 Å². The van der Waals surface area contributed by atoms with E-state index in [2.05, 4.69) is 5.32 Å². The smallest absolute Gasteiger partial charge is 0.243 e. The number of carbonyl (C=O) groups is 2. The van der Waals surface area contributed by atoms with Crippen LogP contribution in [-0.4, -0.2) is 28.8 Å². The van der Waals surface area contributed by atoms with Crippen molar-refractivity contribution in [3.05, 3.63) is 70.5 Å². The molecule has 2 atom stereocenters. The second-order valence-corrected chi connectivity index (χ2v) is 7.53. The van der Waals surface area contributed by atoms with Crippen LogP contribution in [0.5, 0.6) is 0 Å². The zero-order valence-corrected chi connectivity index (χ0v) is 17.9. The molecule has 2 rings (SSSR count). The molecule has 0 aliphatic heterocycles. The first-order valence-corrected chi connectivity index (χ1v) is 10.3. The molecule has 156 valence electrons. The van der Waals surface area contributed by atoms with E-state index in [-0.39, 0.29) is 30.8 Å². The largest absolute Gasteiger partial charge is 0.352 e. The van der Waals surface area contributed by atoms with Crippen LogP contribution < -0.4 is 5.32 Å². The van der Waals surface area contributed by atoms with Crippen molar-refractivity contribution in [2.45, 2.75) is 58.7 Å². The number of carbonyl (C=O) groups excluding carboxylic acids is 2. The first kappa shape index (κ1) is 22.9. The predicted octanol–water partition coefficient (Wildman–Crippen LogP) is 4.74. The molecule has 2 amide bonds. The highest BCUT2D eigenvalue weighted by molar-refractivity contribution is 6.31. The highest BCUT2D eigenvalue weighted by atomic mass is 35.5. The maximum Gasteiger partial charge on any atom is 0.243 e. The van der Waals surface area contributed by atoms with Crippen LogP contribution in [0.1, 0.15) is 44.7 Å². The van der Waals surface area contributed by atoms with Gasteiger partial charge in [0.2, 0.25) is 11.8 Å². The molecule has 0 unspecified atom stereocenters. The third kappa shape index (κ3) is 6.29. The Morgan fingerprint density at radius 3 is 2.24 bits per heavy atom. The van der Waals surface area contributed by atoms with Gasteiger partial charge in [0.25, 0.3) is 0 Å². The number of hydrogen-bond acceptors (Lipinski definition) is 2. The average molecular weight is 419 g/mol. The van der Waals surface area contributed by atoms with E-state index in [1.807, 2.05) is 39.0 Å². The molecular formula is C23H28ClFN2O2. The number of nitrogens with zero attached hydrogens (tertiary/aromatic N) is 1. The number of nitrogens with one attached hydrogen (secondary N) is 1. The van der Waals surface area contributed by atoms with Crippen LogP contribution in [-0.2, 0) is 22.6 Å². The van der Waals surface area contributed by atoms with Crippen LogP contribution in [0.15, 0.2) is 48.5 Å². The van der Waals surface area contributed by atoms with Crippen LogP contribution in [0.2, 0.25) is 5.02 Å². The van der Waals surface area contributed by atoms with E-state index in [4.69, 9.17) is 11.6 Å². The number of benzene rings is 2. The second-order valence-electron chi connectivity index (χ2n) is 7.12. The van der Waals surface area contributed by atoms with Gasteiger partial charge >= 0.3 is 0 Å². The molecule has 0 aromatic heterocycles. The van der Waals surface area contributed by atoms with Gasteiger partial charge in [0, 0.05) is 17.6 Å². The van der Waals surface area contributed by atoms with E-state index < -0.39 is 11.9 Å². The highest BCUT2D eigenvalue weighted by Crippen LogP contribution is 2.21. The third-order valence-electron chi connectivity index (χ3n) is 4.98.